The average molecular weight is 382 g/mol. The lowest BCUT2D eigenvalue weighted by Gasteiger charge is -2.32. The molecule has 1 aliphatic rings. The van der Waals surface area contributed by atoms with Crippen molar-refractivity contribution in [3.05, 3.63) is 34.9 Å². The number of hydrogen-bond acceptors (Lipinski definition) is 2. The summed E-state index contributed by atoms with van der Waals surface area (Å²) < 4.78 is 77.2. The number of nitrogens with one attached hydrogen (secondary N) is 1. The average Bonchev–Trinajstić information content (AvgIpc) is 2.55. The van der Waals surface area contributed by atoms with Crippen LogP contribution in [0.1, 0.15) is 47.7 Å². The third-order valence-corrected chi connectivity index (χ3v) is 4.31. The number of amides is 1. The molecule has 0 aromatic heterocycles. The molecule has 0 spiro atoms. The van der Waals surface area contributed by atoms with Crippen molar-refractivity contribution < 1.29 is 31.1 Å². The molecular formula is C17H20F6N2O. The Hall–Kier alpha value is -1.77. The van der Waals surface area contributed by atoms with Gasteiger partial charge in [-0.25, -0.2) is 0 Å². The van der Waals surface area contributed by atoms with E-state index in [0.717, 1.165) is 26.1 Å². The highest BCUT2D eigenvalue weighted by Gasteiger charge is 2.37. The van der Waals surface area contributed by atoms with Gasteiger partial charge in [-0.15, -0.1) is 0 Å². The fourth-order valence-electron chi connectivity index (χ4n) is 2.97. The third kappa shape index (κ3) is 5.36. The Morgan fingerprint density at radius 2 is 1.54 bits per heavy atom. The molecule has 0 atom stereocenters. The fourth-order valence-corrected chi connectivity index (χ4v) is 2.97. The summed E-state index contributed by atoms with van der Waals surface area (Å²) in [6.45, 7) is 4.42. The molecule has 1 N–H and O–H groups in total. The number of carbonyl (C=O) groups excluding carboxylic acids is 1. The van der Waals surface area contributed by atoms with Crippen molar-refractivity contribution in [1.29, 1.82) is 0 Å². The zero-order valence-electron chi connectivity index (χ0n) is 14.2. The number of piperidine rings is 1. The fraction of sp³-hybridized carbons (Fsp3) is 0.588. The van der Waals surface area contributed by atoms with Gasteiger partial charge in [0.05, 0.1) is 11.1 Å². The molecule has 146 valence electrons. The first kappa shape index (κ1) is 20.5. The minimum atomic E-state index is -4.97. The molecule has 0 aliphatic carbocycles. The second-order valence-corrected chi connectivity index (χ2v) is 6.38. The number of benzene rings is 1. The first-order chi connectivity index (χ1) is 12.0. The molecule has 1 amide bonds. The van der Waals surface area contributed by atoms with Crippen molar-refractivity contribution in [3.8, 4) is 0 Å². The number of halogens is 6. The van der Waals surface area contributed by atoms with Gasteiger partial charge in [0.1, 0.15) is 0 Å². The van der Waals surface area contributed by atoms with E-state index < -0.39 is 35.0 Å². The molecule has 1 saturated heterocycles. The summed E-state index contributed by atoms with van der Waals surface area (Å²) >= 11 is 0. The summed E-state index contributed by atoms with van der Waals surface area (Å²) in [7, 11) is 0. The Bertz CT molecular complexity index is 601. The molecule has 1 fully saturated rings. The maximum atomic E-state index is 12.9. The standard InChI is InChI=1S/C17H20F6N2O/c1-2-5-25-6-3-14(4-7-25)24-15(26)11-8-12(16(18,19)20)10-13(9-11)17(21,22)23/h8-10,14H,2-7H2,1H3,(H,24,26). The van der Waals surface area contributed by atoms with Gasteiger partial charge in [0.2, 0.25) is 0 Å². The van der Waals surface area contributed by atoms with Gasteiger partial charge in [0.25, 0.3) is 5.91 Å². The first-order valence-electron chi connectivity index (χ1n) is 8.33. The predicted molar refractivity (Wildman–Crippen MR) is 83.7 cm³/mol. The first-order valence-corrected chi connectivity index (χ1v) is 8.33. The smallest absolute Gasteiger partial charge is 0.349 e. The van der Waals surface area contributed by atoms with Crippen molar-refractivity contribution in [2.75, 3.05) is 19.6 Å². The number of nitrogens with zero attached hydrogens (tertiary/aromatic N) is 1. The summed E-state index contributed by atoms with van der Waals surface area (Å²) in [4.78, 5) is 14.4. The number of hydrogen-bond donors (Lipinski definition) is 1. The monoisotopic (exact) mass is 382 g/mol. The van der Waals surface area contributed by atoms with E-state index in [-0.39, 0.29) is 12.1 Å². The van der Waals surface area contributed by atoms with Gasteiger partial charge in [-0.05, 0) is 44.0 Å². The third-order valence-electron chi connectivity index (χ3n) is 4.31. The van der Waals surface area contributed by atoms with E-state index in [0.29, 0.717) is 25.0 Å². The highest BCUT2D eigenvalue weighted by molar-refractivity contribution is 5.94. The van der Waals surface area contributed by atoms with E-state index in [9.17, 15) is 31.1 Å². The topological polar surface area (TPSA) is 32.3 Å². The summed E-state index contributed by atoms with van der Waals surface area (Å²) in [6.07, 6.45) is -7.74. The van der Waals surface area contributed by atoms with Crippen molar-refractivity contribution in [3.63, 3.8) is 0 Å². The van der Waals surface area contributed by atoms with Crippen LogP contribution in [0.5, 0.6) is 0 Å². The number of rotatable bonds is 4. The van der Waals surface area contributed by atoms with Crippen LogP contribution in [0.25, 0.3) is 0 Å². The normalized spacial score (nSPS) is 17.3. The van der Waals surface area contributed by atoms with Gasteiger partial charge < -0.3 is 10.2 Å². The Morgan fingerprint density at radius 3 is 1.96 bits per heavy atom. The van der Waals surface area contributed by atoms with Gasteiger partial charge in [-0.1, -0.05) is 6.92 Å². The van der Waals surface area contributed by atoms with E-state index in [2.05, 4.69) is 10.2 Å². The highest BCUT2D eigenvalue weighted by Crippen LogP contribution is 2.36. The van der Waals surface area contributed by atoms with Crippen LogP contribution in [0, 0.1) is 0 Å². The van der Waals surface area contributed by atoms with Crippen molar-refractivity contribution >= 4 is 5.91 Å². The van der Waals surface area contributed by atoms with Crippen LogP contribution in [0.2, 0.25) is 0 Å². The second kappa shape index (κ2) is 7.85. The van der Waals surface area contributed by atoms with Crippen LogP contribution < -0.4 is 5.32 Å². The highest BCUT2D eigenvalue weighted by atomic mass is 19.4. The van der Waals surface area contributed by atoms with Crippen LogP contribution in [0.15, 0.2) is 18.2 Å². The Labute approximate surface area is 147 Å². The largest absolute Gasteiger partial charge is 0.416 e. The van der Waals surface area contributed by atoms with Gasteiger partial charge >= 0.3 is 12.4 Å². The minimum absolute atomic E-state index is 0.0139. The summed E-state index contributed by atoms with van der Waals surface area (Å²) in [6, 6.07) is 0.660. The molecule has 0 unspecified atom stereocenters. The van der Waals surface area contributed by atoms with Gasteiger partial charge in [-0.2, -0.15) is 26.3 Å². The van der Waals surface area contributed by atoms with Crippen molar-refractivity contribution in [1.82, 2.24) is 10.2 Å². The molecule has 1 heterocycles. The zero-order valence-corrected chi connectivity index (χ0v) is 14.2. The van der Waals surface area contributed by atoms with Crippen LogP contribution in [0.4, 0.5) is 26.3 Å². The Morgan fingerprint density at radius 1 is 1.04 bits per heavy atom. The summed E-state index contributed by atoms with van der Waals surface area (Å²) in [5, 5.41) is 2.55. The molecule has 0 radical (unpaired) electrons. The molecule has 1 aromatic carbocycles. The van der Waals surface area contributed by atoms with E-state index in [1.807, 2.05) is 6.92 Å². The molecule has 0 saturated carbocycles. The number of likely N-dealkylation sites (tertiary alicyclic amines) is 1. The summed E-state index contributed by atoms with van der Waals surface area (Å²) in [5.74, 6) is -0.921. The van der Waals surface area contributed by atoms with Gasteiger partial charge in [0, 0.05) is 24.7 Å². The van der Waals surface area contributed by atoms with E-state index in [4.69, 9.17) is 0 Å². The lowest BCUT2D eigenvalue weighted by molar-refractivity contribution is -0.143. The van der Waals surface area contributed by atoms with E-state index >= 15 is 0 Å². The maximum absolute atomic E-state index is 12.9. The van der Waals surface area contributed by atoms with Crippen LogP contribution in [-0.4, -0.2) is 36.5 Å². The molecule has 0 bridgehead atoms. The van der Waals surface area contributed by atoms with Gasteiger partial charge in [0.15, 0.2) is 0 Å². The van der Waals surface area contributed by atoms with Gasteiger partial charge in [-0.3, -0.25) is 4.79 Å². The SMILES string of the molecule is CCCN1CCC(NC(=O)c2cc(C(F)(F)F)cc(C(F)(F)F)c2)CC1. The maximum Gasteiger partial charge on any atom is 0.416 e. The lowest BCUT2D eigenvalue weighted by atomic mass is 10.0. The molecule has 26 heavy (non-hydrogen) atoms. The van der Waals surface area contributed by atoms with E-state index in [1.165, 1.54) is 0 Å². The van der Waals surface area contributed by atoms with Crippen LogP contribution >= 0.6 is 0 Å². The zero-order chi connectivity index (χ0) is 19.5. The quantitative estimate of drug-likeness (QED) is 0.787. The molecule has 1 aromatic rings. The van der Waals surface area contributed by atoms with Crippen molar-refractivity contribution in [2.24, 2.45) is 0 Å². The second-order valence-electron chi connectivity index (χ2n) is 6.38. The Kier molecular flexibility index (Phi) is 6.21. The number of alkyl halides is 6. The Balaban J connectivity index is 2.15. The van der Waals surface area contributed by atoms with Crippen LogP contribution in [0.3, 0.4) is 0 Å². The summed E-state index contributed by atoms with van der Waals surface area (Å²) in [5.41, 5.74) is -3.62. The molecule has 9 heteroatoms. The molecular weight excluding hydrogens is 362 g/mol. The lowest BCUT2D eigenvalue weighted by Crippen LogP contribution is -2.44. The predicted octanol–water partition coefficient (Wildman–Crippen LogP) is 4.33. The molecule has 1 aliphatic heterocycles. The molecule has 2 rings (SSSR count). The minimum Gasteiger partial charge on any atom is -0.349 e. The number of carbonyl (C=O) groups is 1. The van der Waals surface area contributed by atoms with E-state index in [1.54, 1.807) is 0 Å². The van der Waals surface area contributed by atoms with Crippen LogP contribution in [-0.2, 0) is 12.4 Å². The molecule has 3 nitrogen and oxygen atoms in total. The van der Waals surface area contributed by atoms with Crippen molar-refractivity contribution in [2.45, 2.75) is 44.6 Å².